The third-order valence-electron chi connectivity index (χ3n) is 12.9. The van der Waals surface area contributed by atoms with Gasteiger partial charge in [0.15, 0.2) is 0 Å². The fourth-order valence-electron chi connectivity index (χ4n) is 10.5. The van der Waals surface area contributed by atoms with Crippen LogP contribution in [0.25, 0.3) is 66.4 Å². The van der Waals surface area contributed by atoms with Crippen LogP contribution in [0.15, 0.2) is 237 Å². The lowest BCUT2D eigenvalue weighted by Crippen LogP contribution is -2.26. The van der Waals surface area contributed by atoms with E-state index >= 15 is 0 Å². The van der Waals surface area contributed by atoms with Gasteiger partial charge in [-0.3, -0.25) is 0 Å². The second-order valence-electron chi connectivity index (χ2n) is 15.9. The first-order valence-electron chi connectivity index (χ1n) is 20.9. The normalized spacial score (nSPS) is 12.8. The minimum absolute atomic E-state index is 0.451. The van der Waals surface area contributed by atoms with Crippen LogP contribution < -0.4 is 4.90 Å². The molecule has 0 aromatic heterocycles. The molecule has 1 nitrogen and oxygen atoms in total. The van der Waals surface area contributed by atoms with E-state index in [0.29, 0.717) is 0 Å². The lowest BCUT2D eigenvalue weighted by molar-refractivity contribution is 0.801. The molecule has 0 atom stereocenters. The summed E-state index contributed by atoms with van der Waals surface area (Å²) in [5.41, 5.74) is 21.0. The van der Waals surface area contributed by atoms with Crippen LogP contribution in [0.4, 0.5) is 17.1 Å². The summed E-state index contributed by atoms with van der Waals surface area (Å²) in [5.74, 6) is 0. The molecule has 0 N–H and O–H groups in total. The van der Waals surface area contributed by atoms with E-state index in [2.05, 4.69) is 241 Å². The Kier molecular flexibility index (Phi) is 7.83. The Labute approximate surface area is 351 Å². The number of fused-ring (bicyclic) bond motifs is 12. The fourth-order valence-corrected chi connectivity index (χ4v) is 10.5. The summed E-state index contributed by atoms with van der Waals surface area (Å²) >= 11 is 0. The van der Waals surface area contributed by atoms with Crippen LogP contribution in [0.3, 0.4) is 0 Å². The van der Waals surface area contributed by atoms with Crippen molar-refractivity contribution in [3.63, 3.8) is 0 Å². The summed E-state index contributed by atoms with van der Waals surface area (Å²) in [5, 5.41) is 2.56. The zero-order valence-electron chi connectivity index (χ0n) is 33.0. The van der Waals surface area contributed by atoms with Crippen LogP contribution >= 0.6 is 0 Å². The topological polar surface area (TPSA) is 3.24 Å². The number of nitrogens with zero attached hydrogens (tertiary/aromatic N) is 1. The average Bonchev–Trinajstić information content (AvgIpc) is 3.80. The molecule has 0 amide bonds. The fraction of sp³-hybridized carbons (Fsp3) is 0.0169. The van der Waals surface area contributed by atoms with Crippen molar-refractivity contribution in [3.05, 3.63) is 259 Å². The largest absolute Gasteiger partial charge is 0.311 e. The first-order valence-corrected chi connectivity index (χ1v) is 20.9. The van der Waals surface area contributed by atoms with E-state index < -0.39 is 5.41 Å². The molecular formula is C59H39N. The van der Waals surface area contributed by atoms with E-state index in [4.69, 9.17) is 0 Å². The van der Waals surface area contributed by atoms with Crippen molar-refractivity contribution in [1.82, 2.24) is 0 Å². The zero-order valence-corrected chi connectivity index (χ0v) is 33.0. The summed E-state index contributed by atoms with van der Waals surface area (Å²) < 4.78 is 0. The van der Waals surface area contributed by atoms with Gasteiger partial charge in [-0.2, -0.15) is 0 Å². The number of hydrogen-bond acceptors (Lipinski definition) is 1. The van der Waals surface area contributed by atoms with Gasteiger partial charge < -0.3 is 4.90 Å². The highest BCUT2D eigenvalue weighted by Gasteiger charge is 2.53. The summed E-state index contributed by atoms with van der Waals surface area (Å²) in [6.07, 6.45) is 0. The third-order valence-corrected chi connectivity index (χ3v) is 12.9. The summed E-state index contributed by atoms with van der Waals surface area (Å²) in [6.45, 7) is 0. The van der Waals surface area contributed by atoms with Gasteiger partial charge in [0.25, 0.3) is 0 Å². The molecule has 1 heteroatoms. The number of benzene rings is 10. The van der Waals surface area contributed by atoms with Gasteiger partial charge in [-0.15, -0.1) is 0 Å². The number of anilines is 3. The monoisotopic (exact) mass is 761 g/mol. The lowest BCUT2D eigenvalue weighted by Gasteiger charge is -2.32. The smallest absolute Gasteiger partial charge is 0.0731 e. The molecule has 1 spiro atoms. The molecule has 0 bridgehead atoms. The van der Waals surface area contributed by atoms with E-state index in [1.165, 1.54) is 88.7 Å². The minimum Gasteiger partial charge on any atom is -0.311 e. The molecule has 10 aromatic rings. The molecule has 2 aliphatic carbocycles. The Balaban J connectivity index is 1.06. The summed E-state index contributed by atoms with van der Waals surface area (Å²) in [7, 11) is 0. The van der Waals surface area contributed by atoms with E-state index in [1.54, 1.807) is 0 Å². The van der Waals surface area contributed by atoms with Crippen LogP contribution in [0.2, 0.25) is 0 Å². The summed E-state index contributed by atoms with van der Waals surface area (Å²) in [6, 6.07) is 87.0. The van der Waals surface area contributed by atoms with E-state index in [1.807, 2.05) is 0 Å². The molecule has 0 unspecified atom stereocenters. The molecule has 0 saturated carbocycles. The highest BCUT2D eigenvalue weighted by molar-refractivity contribution is 6.16. The van der Waals surface area contributed by atoms with Crippen LogP contribution in [-0.2, 0) is 5.41 Å². The van der Waals surface area contributed by atoms with Crippen molar-refractivity contribution in [3.8, 4) is 55.6 Å². The molecule has 0 radical (unpaired) electrons. The molecule has 0 saturated heterocycles. The van der Waals surface area contributed by atoms with Gasteiger partial charge in [0.1, 0.15) is 0 Å². The Morgan fingerprint density at radius 1 is 0.250 bits per heavy atom. The van der Waals surface area contributed by atoms with Crippen molar-refractivity contribution in [1.29, 1.82) is 0 Å². The standard InChI is InChI=1S/C59H39N/c1-4-18-42(19-5-1)56-55(43-34-32-40(33-35-43)41-36-38-46(39-37-41)60(44-20-6-2-7-21-44)45-22-8-3-9-23-45)49-26-10-11-27-50(49)58-57(56)51-28-14-17-31-54(51)59(58)52-29-15-12-24-47(52)48-25-13-16-30-53(48)59/h1-39H. The highest BCUT2D eigenvalue weighted by atomic mass is 15.1. The zero-order chi connectivity index (χ0) is 39.6. The first-order chi connectivity index (χ1) is 29.8. The van der Waals surface area contributed by atoms with Crippen molar-refractivity contribution in [2.75, 3.05) is 4.90 Å². The molecule has 280 valence electrons. The Hall–Kier alpha value is -7.74. The highest BCUT2D eigenvalue weighted by Crippen LogP contribution is 2.66. The number of rotatable bonds is 6. The molecule has 0 fully saturated rings. The second kappa shape index (κ2) is 13.7. The molecule has 60 heavy (non-hydrogen) atoms. The Bertz CT molecular complexity index is 3140. The Morgan fingerprint density at radius 2 is 0.633 bits per heavy atom. The van der Waals surface area contributed by atoms with E-state index in [0.717, 1.165) is 17.1 Å². The lowest BCUT2D eigenvalue weighted by atomic mass is 9.68. The Morgan fingerprint density at radius 3 is 1.20 bits per heavy atom. The van der Waals surface area contributed by atoms with Crippen molar-refractivity contribution >= 4 is 27.8 Å². The van der Waals surface area contributed by atoms with Gasteiger partial charge in [0.05, 0.1) is 5.41 Å². The van der Waals surface area contributed by atoms with Crippen LogP contribution in [0.5, 0.6) is 0 Å². The van der Waals surface area contributed by atoms with Crippen molar-refractivity contribution in [2.24, 2.45) is 0 Å². The van der Waals surface area contributed by atoms with Gasteiger partial charge in [-0.25, -0.2) is 0 Å². The average molecular weight is 762 g/mol. The van der Waals surface area contributed by atoms with Crippen molar-refractivity contribution in [2.45, 2.75) is 5.41 Å². The predicted octanol–water partition coefficient (Wildman–Crippen LogP) is 15.7. The predicted molar refractivity (Wildman–Crippen MR) is 251 cm³/mol. The maximum atomic E-state index is 2.39. The SMILES string of the molecule is c1ccc(-c2c3c(c4ccccc4c2-c2ccc(-c4ccc(N(c5ccccc5)c5ccccc5)cc4)cc2)C2(c4ccccc4-c4ccccc42)c2ccccc2-3)cc1. The van der Waals surface area contributed by atoms with Gasteiger partial charge in [-0.1, -0.05) is 200 Å². The second-order valence-corrected chi connectivity index (χ2v) is 15.9. The minimum atomic E-state index is -0.451. The van der Waals surface area contributed by atoms with Crippen molar-refractivity contribution < 1.29 is 0 Å². The maximum absolute atomic E-state index is 2.39. The van der Waals surface area contributed by atoms with Crippen LogP contribution in [0, 0.1) is 0 Å². The third kappa shape index (κ3) is 4.99. The van der Waals surface area contributed by atoms with Crippen LogP contribution in [0.1, 0.15) is 22.3 Å². The van der Waals surface area contributed by atoms with E-state index in [-0.39, 0.29) is 0 Å². The molecule has 0 heterocycles. The summed E-state index contributed by atoms with van der Waals surface area (Å²) in [4.78, 5) is 2.31. The first kappa shape index (κ1) is 34.3. The van der Waals surface area contributed by atoms with E-state index in [9.17, 15) is 0 Å². The van der Waals surface area contributed by atoms with Gasteiger partial charge in [-0.05, 0) is 125 Å². The molecule has 10 aromatic carbocycles. The van der Waals surface area contributed by atoms with Crippen LogP contribution in [-0.4, -0.2) is 0 Å². The number of hydrogen-bond donors (Lipinski definition) is 0. The van der Waals surface area contributed by atoms with Gasteiger partial charge in [0.2, 0.25) is 0 Å². The quantitative estimate of drug-likeness (QED) is 0.163. The van der Waals surface area contributed by atoms with Gasteiger partial charge >= 0.3 is 0 Å². The number of para-hydroxylation sites is 2. The molecule has 2 aliphatic rings. The van der Waals surface area contributed by atoms with Gasteiger partial charge in [0, 0.05) is 17.1 Å². The maximum Gasteiger partial charge on any atom is 0.0731 e. The molecule has 0 aliphatic heterocycles. The molecule has 12 rings (SSSR count). The molecular weight excluding hydrogens is 723 g/mol.